The molecule has 0 fully saturated rings. The van der Waals surface area contributed by atoms with E-state index in [2.05, 4.69) is 10.1 Å². The molecule has 0 aliphatic carbocycles. The fourth-order valence-corrected chi connectivity index (χ4v) is 1.83. The number of benzene rings is 2. The lowest BCUT2D eigenvalue weighted by molar-refractivity contribution is -0.304. The third-order valence-corrected chi connectivity index (χ3v) is 3.00. The molecule has 134 valence electrons. The molecule has 0 saturated carbocycles. The number of carbonyl (C=O) groups is 1. The monoisotopic (exact) mass is 363 g/mol. The molecule has 1 atom stereocenters. The topological polar surface area (TPSA) is 38.3 Å². The minimum absolute atomic E-state index is 0.183. The van der Waals surface area contributed by atoms with Crippen LogP contribution >= 0.6 is 0 Å². The van der Waals surface area contributed by atoms with Gasteiger partial charge in [-0.1, -0.05) is 30.3 Å². The van der Waals surface area contributed by atoms with E-state index in [4.69, 9.17) is 0 Å². The van der Waals surface area contributed by atoms with Gasteiger partial charge in [0, 0.05) is 5.56 Å². The third-order valence-electron chi connectivity index (χ3n) is 3.00. The minimum atomic E-state index is -5.80. The van der Waals surface area contributed by atoms with Crippen molar-refractivity contribution in [2.24, 2.45) is 0 Å². The Kier molecular flexibility index (Phi) is 5.24. The van der Waals surface area contributed by atoms with Crippen molar-refractivity contribution in [2.45, 2.75) is 18.5 Å². The molecule has 3 nitrogen and oxygen atoms in total. The summed E-state index contributed by atoms with van der Waals surface area (Å²) in [4.78, 5) is 12.0. The second kappa shape index (κ2) is 7.04. The van der Waals surface area contributed by atoms with Crippen molar-refractivity contribution in [3.8, 4) is 5.75 Å². The average Bonchev–Trinajstić information content (AvgIpc) is 2.55. The van der Waals surface area contributed by atoms with Crippen LogP contribution in [0, 0.1) is 0 Å². The van der Waals surface area contributed by atoms with Crippen LogP contribution in [0.5, 0.6) is 5.75 Å². The van der Waals surface area contributed by atoms with Gasteiger partial charge >= 0.3 is 12.3 Å². The number of halogens is 6. The molecule has 0 heterocycles. The van der Waals surface area contributed by atoms with Gasteiger partial charge in [0.25, 0.3) is 12.1 Å². The van der Waals surface area contributed by atoms with Crippen LogP contribution in [0.1, 0.15) is 10.4 Å². The van der Waals surface area contributed by atoms with E-state index in [1.807, 2.05) is 0 Å². The van der Waals surface area contributed by atoms with Crippen LogP contribution < -0.4 is 10.1 Å². The number of hydrogen-bond donors (Lipinski definition) is 1. The first-order valence-electron chi connectivity index (χ1n) is 6.84. The SMILES string of the molecule is O=C(Nc1ccccc1OC(F)(F)C(F)C(F)(F)F)c1ccccc1. The van der Waals surface area contributed by atoms with Crippen LogP contribution in [0.15, 0.2) is 54.6 Å². The standard InChI is InChI=1S/C16H11F6NO2/c17-14(15(18,19)20)16(21,22)25-12-9-5-4-8-11(12)23-13(24)10-6-2-1-3-7-10/h1-9,14H,(H,23,24). The maximum Gasteiger partial charge on any atom is 0.439 e. The van der Waals surface area contributed by atoms with Gasteiger partial charge in [0.05, 0.1) is 5.69 Å². The van der Waals surface area contributed by atoms with Crippen molar-refractivity contribution >= 4 is 11.6 Å². The molecule has 0 radical (unpaired) electrons. The Labute approximate surface area is 138 Å². The Balaban J connectivity index is 2.22. The summed E-state index contributed by atoms with van der Waals surface area (Å²) in [5.41, 5.74) is -0.145. The van der Waals surface area contributed by atoms with Crippen LogP contribution in [-0.4, -0.2) is 24.4 Å². The predicted octanol–water partition coefficient (Wildman–Crippen LogP) is 4.81. The molecule has 0 saturated heterocycles. The van der Waals surface area contributed by atoms with E-state index in [-0.39, 0.29) is 11.3 Å². The molecule has 9 heteroatoms. The third kappa shape index (κ3) is 4.65. The molecule has 2 aromatic carbocycles. The highest BCUT2D eigenvalue weighted by Gasteiger charge is 2.59. The van der Waals surface area contributed by atoms with Crippen molar-refractivity contribution in [3.63, 3.8) is 0 Å². The first-order valence-corrected chi connectivity index (χ1v) is 6.84. The first-order chi connectivity index (χ1) is 11.6. The molecule has 2 rings (SSSR count). The number of ether oxygens (including phenoxy) is 1. The number of nitrogens with one attached hydrogen (secondary N) is 1. The quantitative estimate of drug-likeness (QED) is 0.775. The molecule has 1 unspecified atom stereocenters. The number of alkyl halides is 6. The van der Waals surface area contributed by atoms with E-state index < -0.39 is 30.1 Å². The zero-order valence-corrected chi connectivity index (χ0v) is 12.4. The summed E-state index contributed by atoms with van der Waals surface area (Å²) in [5.74, 6) is -1.50. The fraction of sp³-hybridized carbons (Fsp3) is 0.188. The van der Waals surface area contributed by atoms with E-state index in [9.17, 15) is 31.1 Å². The van der Waals surface area contributed by atoms with Gasteiger partial charge in [-0.2, -0.15) is 22.0 Å². The number of amides is 1. The van der Waals surface area contributed by atoms with Gasteiger partial charge in [0.1, 0.15) is 5.75 Å². The molecule has 1 amide bonds. The number of hydrogen-bond acceptors (Lipinski definition) is 2. The van der Waals surface area contributed by atoms with Gasteiger partial charge in [0.2, 0.25) is 0 Å². The summed E-state index contributed by atoms with van der Waals surface area (Å²) in [7, 11) is 0. The van der Waals surface area contributed by atoms with Gasteiger partial charge in [-0.15, -0.1) is 0 Å². The molecule has 0 bridgehead atoms. The summed E-state index contributed by atoms with van der Waals surface area (Å²) in [6.45, 7) is 0. The van der Waals surface area contributed by atoms with E-state index in [0.29, 0.717) is 0 Å². The highest BCUT2D eigenvalue weighted by atomic mass is 19.4. The van der Waals surface area contributed by atoms with E-state index >= 15 is 0 Å². The molecule has 25 heavy (non-hydrogen) atoms. The van der Waals surface area contributed by atoms with Gasteiger partial charge in [0.15, 0.2) is 0 Å². The molecule has 0 aromatic heterocycles. The lowest BCUT2D eigenvalue weighted by Gasteiger charge is -2.24. The maximum absolute atomic E-state index is 13.4. The lowest BCUT2D eigenvalue weighted by Crippen LogP contribution is -2.45. The minimum Gasteiger partial charge on any atom is -0.428 e. The molecule has 2 aromatic rings. The molecule has 0 aliphatic heterocycles. The Morgan fingerprint density at radius 2 is 1.48 bits per heavy atom. The number of anilines is 1. The highest BCUT2D eigenvalue weighted by molar-refractivity contribution is 6.04. The maximum atomic E-state index is 13.4. The highest BCUT2D eigenvalue weighted by Crippen LogP contribution is 2.38. The second-order valence-electron chi connectivity index (χ2n) is 4.88. The van der Waals surface area contributed by atoms with Crippen LogP contribution in [0.25, 0.3) is 0 Å². The summed E-state index contributed by atoms with van der Waals surface area (Å²) in [5, 5.41) is 2.23. The Bertz CT molecular complexity index is 733. The van der Waals surface area contributed by atoms with Gasteiger partial charge < -0.3 is 10.1 Å². The second-order valence-corrected chi connectivity index (χ2v) is 4.88. The molecule has 1 N–H and O–H groups in total. The number of carbonyl (C=O) groups excluding carboxylic acids is 1. The Hall–Kier alpha value is -2.71. The molecule has 0 aliphatic rings. The normalized spacial score (nSPS) is 13.2. The van der Waals surface area contributed by atoms with E-state index in [1.165, 1.54) is 24.3 Å². The number of rotatable bonds is 5. The van der Waals surface area contributed by atoms with Crippen LogP contribution in [-0.2, 0) is 0 Å². The fourth-order valence-electron chi connectivity index (χ4n) is 1.83. The predicted molar refractivity (Wildman–Crippen MR) is 77.4 cm³/mol. The van der Waals surface area contributed by atoms with E-state index in [1.54, 1.807) is 18.2 Å². The van der Waals surface area contributed by atoms with Crippen molar-refractivity contribution in [1.29, 1.82) is 0 Å². The summed E-state index contributed by atoms with van der Waals surface area (Å²) in [6.07, 6.45) is -15.5. The Morgan fingerprint density at radius 1 is 0.920 bits per heavy atom. The van der Waals surface area contributed by atoms with Crippen molar-refractivity contribution in [3.05, 3.63) is 60.2 Å². The van der Waals surface area contributed by atoms with Gasteiger partial charge in [-0.3, -0.25) is 4.79 Å². The smallest absolute Gasteiger partial charge is 0.428 e. The van der Waals surface area contributed by atoms with Crippen molar-refractivity contribution in [2.75, 3.05) is 5.32 Å². The van der Waals surface area contributed by atoms with Crippen molar-refractivity contribution < 1.29 is 35.9 Å². The zero-order chi connectivity index (χ0) is 18.7. The number of para-hydroxylation sites is 2. The molecular formula is C16H11F6NO2. The van der Waals surface area contributed by atoms with Gasteiger partial charge in [-0.25, -0.2) is 4.39 Å². The molecule has 0 spiro atoms. The first kappa shape index (κ1) is 18.6. The summed E-state index contributed by atoms with van der Waals surface area (Å²) in [6, 6.07) is 12.2. The Morgan fingerprint density at radius 3 is 2.08 bits per heavy atom. The van der Waals surface area contributed by atoms with Crippen LogP contribution in [0.2, 0.25) is 0 Å². The van der Waals surface area contributed by atoms with Gasteiger partial charge in [-0.05, 0) is 24.3 Å². The largest absolute Gasteiger partial charge is 0.439 e. The van der Waals surface area contributed by atoms with Crippen LogP contribution in [0.3, 0.4) is 0 Å². The van der Waals surface area contributed by atoms with Crippen LogP contribution in [0.4, 0.5) is 32.0 Å². The zero-order valence-electron chi connectivity index (χ0n) is 12.4. The summed E-state index contributed by atoms with van der Waals surface area (Å²) < 4.78 is 80.2. The van der Waals surface area contributed by atoms with Crippen molar-refractivity contribution in [1.82, 2.24) is 0 Å². The van der Waals surface area contributed by atoms with E-state index in [0.717, 1.165) is 12.1 Å². The lowest BCUT2D eigenvalue weighted by atomic mass is 10.2. The molecular weight excluding hydrogens is 352 g/mol. The summed E-state index contributed by atoms with van der Waals surface area (Å²) >= 11 is 0. The average molecular weight is 363 g/mol.